The number of methoxy groups -OCH3 is 1. The van der Waals surface area contributed by atoms with Crippen LogP contribution < -0.4 is 4.74 Å². The topological polar surface area (TPSA) is 81.5 Å². The Morgan fingerprint density at radius 1 is 1.08 bits per heavy atom. The third-order valence-corrected chi connectivity index (χ3v) is 6.91. The molecule has 0 spiro atoms. The molecule has 0 bridgehead atoms. The summed E-state index contributed by atoms with van der Waals surface area (Å²) in [6.07, 6.45) is 5.86. The number of hydrogen-bond donors (Lipinski definition) is 0. The molecule has 4 rings (SSSR count). The molecule has 36 heavy (non-hydrogen) atoms. The van der Waals surface area contributed by atoms with Crippen molar-refractivity contribution in [1.29, 1.82) is 0 Å². The van der Waals surface area contributed by atoms with Gasteiger partial charge in [-0.1, -0.05) is 56.6 Å². The van der Waals surface area contributed by atoms with Crippen LogP contribution in [0.25, 0.3) is 0 Å². The first-order valence-corrected chi connectivity index (χ1v) is 12.3. The highest BCUT2D eigenvalue weighted by molar-refractivity contribution is 6.44. The lowest BCUT2D eigenvalue weighted by molar-refractivity contribution is -0.140. The summed E-state index contributed by atoms with van der Waals surface area (Å²) in [5.74, 6) is -2.49. The number of halogens is 1. The van der Waals surface area contributed by atoms with Crippen molar-refractivity contribution in [3.05, 3.63) is 82.9 Å². The van der Waals surface area contributed by atoms with E-state index >= 15 is 0 Å². The Balaban J connectivity index is 1.69. The number of carbonyl (C=O) groups is 3. The molecule has 188 valence electrons. The first-order valence-electron chi connectivity index (χ1n) is 11.9. The van der Waals surface area contributed by atoms with Gasteiger partial charge in [0.15, 0.2) is 5.78 Å². The van der Waals surface area contributed by atoms with Gasteiger partial charge in [-0.2, -0.15) is 0 Å². The van der Waals surface area contributed by atoms with E-state index in [1.165, 1.54) is 13.2 Å². The first-order chi connectivity index (χ1) is 17.1. The third kappa shape index (κ3) is 5.07. The zero-order valence-corrected chi connectivity index (χ0v) is 21.7. The molecule has 1 aliphatic heterocycles. The highest BCUT2D eigenvalue weighted by Gasteiger charge is 2.51. The summed E-state index contributed by atoms with van der Waals surface area (Å²) in [7, 11) is 1.49. The second-order valence-electron chi connectivity index (χ2n) is 10.0. The molecule has 1 fully saturated rings. The smallest absolute Gasteiger partial charge is 0.291 e. The van der Waals surface area contributed by atoms with Gasteiger partial charge in [-0.05, 0) is 41.2 Å². The molecule has 1 aliphatic rings. The quantitative estimate of drug-likeness (QED) is 0.246. The van der Waals surface area contributed by atoms with Crippen LogP contribution in [0.3, 0.4) is 0 Å². The Labute approximate surface area is 216 Å². The third-order valence-electron chi connectivity index (χ3n) is 6.62. The standard InChI is InChI=1S/C28H30ClN3O4/c1-28(2,3)20-9-6-18(7-10-20)24-23(25(33)19-8-11-22(36-4)21(29)16-19)26(34)27(35)32(24)14-5-13-31-15-12-30-17-31/h6-12,15-17,23-24H,5,13-14H2,1-4H3. The average molecular weight is 508 g/mol. The second-order valence-corrected chi connectivity index (χ2v) is 10.4. The number of imidazole rings is 1. The SMILES string of the molecule is COc1ccc(C(=O)C2C(=O)C(=O)N(CCCn3ccnc3)C2c2ccc(C(C)(C)C)cc2)cc1Cl. The van der Waals surface area contributed by atoms with E-state index in [9.17, 15) is 14.4 Å². The van der Waals surface area contributed by atoms with Crippen LogP contribution in [0.4, 0.5) is 0 Å². The van der Waals surface area contributed by atoms with E-state index in [2.05, 4.69) is 25.8 Å². The van der Waals surface area contributed by atoms with Crippen LogP contribution >= 0.6 is 11.6 Å². The molecule has 1 aromatic heterocycles. The van der Waals surface area contributed by atoms with Crippen molar-refractivity contribution in [2.45, 2.75) is 45.2 Å². The molecule has 7 nitrogen and oxygen atoms in total. The number of amides is 1. The molecular weight excluding hydrogens is 478 g/mol. The number of ketones is 2. The van der Waals surface area contributed by atoms with Crippen LogP contribution in [0.5, 0.6) is 5.75 Å². The maximum Gasteiger partial charge on any atom is 0.291 e. The molecule has 8 heteroatoms. The van der Waals surface area contributed by atoms with E-state index in [-0.39, 0.29) is 16.0 Å². The normalized spacial score (nSPS) is 18.1. The van der Waals surface area contributed by atoms with Gasteiger partial charge in [-0.15, -0.1) is 0 Å². The molecular formula is C28H30ClN3O4. The molecule has 2 heterocycles. The number of rotatable bonds is 8. The fourth-order valence-corrected chi connectivity index (χ4v) is 4.88. The van der Waals surface area contributed by atoms with E-state index < -0.39 is 29.4 Å². The predicted octanol–water partition coefficient (Wildman–Crippen LogP) is 4.88. The van der Waals surface area contributed by atoms with Crippen molar-refractivity contribution in [1.82, 2.24) is 14.5 Å². The molecule has 3 aromatic rings. The fourth-order valence-electron chi connectivity index (χ4n) is 4.62. The lowest BCUT2D eigenvalue weighted by Crippen LogP contribution is -2.32. The number of Topliss-reactive ketones (excluding diaryl/α,β-unsaturated/α-hetero) is 2. The minimum absolute atomic E-state index is 0.0562. The zero-order valence-electron chi connectivity index (χ0n) is 20.9. The number of aromatic nitrogens is 2. The number of carbonyl (C=O) groups excluding carboxylic acids is 3. The molecule has 1 amide bonds. The highest BCUT2D eigenvalue weighted by Crippen LogP contribution is 2.39. The van der Waals surface area contributed by atoms with E-state index in [1.54, 1.807) is 29.6 Å². The van der Waals surface area contributed by atoms with Crippen LogP contribution in [0.1, 0.15) is 54.7 Å². The number of likely N-dealkylation sites (tertiary alicyclic amines) is 1. The Kier molecular flexibility index (Phi) is 7.31. The maximum absolute atomic E-state index is 13.7. The molecule has 0 radical (unpaired) electrons. The number of benzene rings is 2. The molecule has 0 saturated carbocycles. The Morgan fingerprint density at radius 3 is 2.39 bits per heavy atom. The maximum atomic E-state index is 13.7. The van der Waals surface area contributed by atoms with Gasteiger partial charge in [0.25, 0.3) is 5.91 Å². The van der Waals surface area contributed by atoms with Crippen molar-refractivity contribution < 1.29 is 19.1 Å². The first kappa shape index (κ1) is 25.6. The fraction of sp³-hybridized carbons (Fsp3) is 0.357. The molecule has 0 N–H and O–H groups in total. The molecule has 1 saturated heterocycles. The van der Waals surface area contributed by atoms with E-state index in [1.807, 2.05) is 35.0 Å². The van der Waals surface area contributed by atoms with E-state index in [0.29, 0.717) is 25.3 Å². The second kappa shape index (κ2) is 10.3. The number of hydrogen-bond acceptors (Lipinski definition) is 5. The van der Waals surface area contributed by atoms with Crippen LogP contribution in [-0.4, -0.2) is 45.6 Å². The van der Waals surface area contributed by atoms with Crippen molar-refractivity contribution in [2.75, 3.05) is 13.7 Å². The van der Waals surface area contributed by atoms with Crippen LogP contribution in [0, 0.1) is 5.92 Å². The number of nitrogens with zero attached hydrogens (tertiary/aromatic N) is 3. The summed E-state index contributed by atoms with van der Waals surface area (Å²) < 4.78 is 7.10. The van der Waals surface area contributed by atoms with Crippen molar-refractivity contribution in [3.8, 4) is 5.75 Å². The molecule has 0 aliphatic carbocycles. The minimum Gasteiger partial charge on any atom is -0.495 e. The molecule has 2 atom stereocenters. The minimum atomic E-state index is -1.16. The Morgan fingerprint density at radius 2 is 1.81 bits per heavy atom. The summed E-state index contributed by atoms with van der Waals surface area (Å²) in [6.45, 7) is 7.33. The van der Waals surface area contributed by atoms with Gasteiger partial charge in [0, 0.05) is 31.0 Å². The summed E-state index contributed by atoms with van der Waals surface area (Å²) >= 11 is 6.26. The summed E-state index contributed by atoms with van der Waals surface area (Å²) in [6, 6.07) is 11.8. The van der Waals surface area contributed by atoms with Gasteiger partial charge >= 0.3 is 0 Å². The number of ether oxygens (including phenoxy) is 1. The van der Waals surface area contributed by atoms with Gasteiger partial charge in [0.2, 0.25) is 5.78 Å². The van der Waals surface area contributed by atoms with Crippen LogP contribution in [-0.2, 0) is 21.5 Å². The number of aryl methyl sites for hydroxylation is 1. The lowest BCUT2D eigenvalue weighted by atomic mass is 9.83. The van der Waals surface area contributed by atoms with Gasteiger partial charge in [-0.3, -0.25) is 14.4 Å². The monoisotopic (exact) mass is 507 g/mol. The summed E-state index contributed by atoms with van der Waals surface area (Å²) in [5.41, 5.74) is 2.09. The zero-order chi connectivity index (χ0) is 26.0. The summed E-state index contributed by atoms with van der Waals surface area (Å²) in [5, 5.41) is 0.267. The van der Waals surface area contributed by atoms with Gasteiger partial charge in [-0.25, -0.2) is 4.98 Å². The van der Waals surface area contributed by atoms with Crippen LogP contribution in [0.2, 0.25) is 5.02 Å². The van der Waals surface area contributed by atoms with Gasteiger partial charge in [0.1, 0.15) is 11.7 Å². The van der Waals surface area contributed by atoms with E-state index in [4.69, 9.17) is 16.3 Å². The Hall–Kier alpha value is -3.45. The summed E-state index contributed by atoms with van der Waals surface area (Å²) in [4.78, 5) is 45.7. The largest absolute Gasteiger partial charge is 0.495 e. The molecule has 2 aromatic carbocycles. The Bertz CT molecular complexity index is 1260. The molecule has 2 unspecified atom stereocenters. The highest BCUT2D eigenvalue weighted by atomic mass is 35.5. The van der Waals surface area contributed by atoms with Crippen molar-refractivity contribution in [2.24, 2.45) is 5.92 Å². The average Bonchev–Trinajstić information content (AvgIpc) is 3.45. The van der Waals surface area contributed by atoms with E-state index in [0.717, 1.165) is 11.1 Å². The van der Waals surface area contributed by atoms with Crippen molar-refractivity contribution >= 4 is 29.1 Å². The van der Waals surface area contributed by atoms with Crippen LogP contribution in [0.15, 0.2) is 61.2 Å². The van der Waals surface area contributed by atoms with Crippen molar-refractivity contribution in [3.63, 3.8) is 0 Å². The van der Waals surface area contributed by atoms with Gasteiger partial charge in [0.05, 0.1) is 24.5 Å². The lowest BCUT2D eigenvalue weighted by Gasteiger charge is -2.28. The predicted molar refractivity (Wildman–Crippen MR) is 137 cm³/mol. The van der Waals surface area contributed by atoms with Gasteiger partial charge < -0.3 is 14.2 Å².